The Hall–Kier alpha value is -3.28. The lowest BCUT2D eigenvalue weighted by Crippen LogP contribution is -2.36. The summed E-state index contributed by atoms with van der Waals surface area (Å²) >= 11 is 0. The van der Waals surface area contributed by atoms with Crippen LogP contribution >= 0.6 is 0 Å². The normalized spacial score (nSPS) is 18.6. The number of likely N-dealkylation sites (tertiary alicyclic amines) is 1. The van der Waals surface area contributed by atoms with Crippen molar-refractivity contribution in [3.05, 3.63) is 100 Å². The molecule has 1 fully saturated rings. The Morgan fingerprint density at radius 1 is 0.953 bits per heavy atom. The van der Waals surface area contributed by atoms with E-state index >= 15 is 0 Å². The first-order chi connectivity index (χ1) is 20.5. The van der Waals surface area contributed by atoms with Crippen LogP contribution in [-0.2, 0) is 34.0 Å². The summed E-state index contributed by atoms with van der Waals surface area (Å²) in [4.78, 5) is 15.2. The Kier molecular flexibility index (Phi) is 9.53. The van der Waals surface area contributed by atoms with Gasteiger partial charge in [0.2, 0.25) is 15.9 Å². The van der Waals surface area contributed by atoms with E-state index in [0.29, 0.717) is 11.6 Å². The maximum absolute atomic E-state index is 13.7. The van der Waals surface area contributed by atoms with E-state index < -0.39 is 44.4 Å². The number of amides is 1. The molecule has 0 aromatic heterocycles. The Labute approximate surface area is 249 Å². The van der Waals surface area contributed by atoms with E-state index in [2.05, 4.69) is 33.1 Å². The Morgan fingerprint density at radius 3 is 2.42 bits per heavy atom. The molecule has 1 aliphatic heterocycles. The van der Waals surface area contributed by atoms with Crippen molar-refractivity contribution in [2.75, 3.05) is 13.1 Å². The van der Waals surface area contributed by atoms with Gasteiger partial charge in [0.25, 0.3) is 0 Å². The van der Waals surface area contributed by atoms with Gasteiger partial charge in [-0.05, 0) is 97.8 Å². The summed E-state index contributed by atoms with van der Waals surface area (Å²) in [6, 6.07) is 13.3. The molecule has 2 unspecified atom stereocenters. The zero-order chi connectivity index (χ0) is 30.6. The zero-order valence-electron chi connectivity index (χ0n) is 23.7. The minimum Gasteiger partial charge on any atom is -0.349 e. The van der Waals surface area contributed by atoms with E-state index in [9.17, 15) is 30.8 Å². The highest BCUT2D eigenvalue weighted by Gasteiger charge is 2.33. The van der Waals surface area contributed by atoms with Crippen molar-refractivity contribution in [1.82, 2.24) is 14.9 Å². The summed E-state index contributed by atoms with van der Waals surface area (Å²) < 4.78 is 82.1. The summed E-state index contributed by atoms with van der Waals surface area (Å²) in [7, 11) is -4.47. The third kappa shape index (κ3) is 8.01. The number of alkyl halides is 3. The lowest BCUT2D eigenvalue weighted by molar-refractivity contribution is -0.137. The monoisotopic (exact) mass is 617 g/mol. The smallest absolute Gasteiger partial charge is 0.349 e. The van der Waals surface area contributed by atoms with Crippen LogP contribution in [0.1, 0.15) is 78.4 Å². The van der Waals surface area contributed by atoms with Crippen LogP contribution in [-0.4, -0.2) is 32.3 Å². The maximum atomic E-state index is 13.7. The molecule has 6 nitrogen and oxygen atoms in total. The Balaban J connectivity index is 1.32. The van der Waals surface area contributed by atoms with Gasteiger partial charge in [0.1, 0.15) is 5.82 Å². The van der Waals surface area contributed by atoms with Gasteiger partial charge in [0.15, 0.2) is 0 Å². The van der Waals surface area contributed by atoms with Crippen molar-refractivity contribution in [2.24, 2.45) is 0 Å². The highest BCUT2D eigenvalue weighted by atomic mass is 32.2. The number of piperidine rings is 1. The molecule has 43 heavy (non-hydrogen) atoms. The molecule has 1 aliphatic carbocycles. The highest BCUT2D eigenvalue weighted by molar-refractivity contribution is 7.89. The number of nitrogens with one attached hydrogen (secondary N) is 2. The fraction of sp³-hybridized carbons (Fsp3) is 0.406. The minimum absolute atomic E-state index is 0.255. The molecule has 2 atom stereocenters. The molecule has 1 amide bonds. The summed E-state index contributed by atoms with van der Waals surface area (Å²) in [5, 5.41) is 3.04. The van der Waals surface area contributed by atoms with Crippen molar-refractivity contribution < 1.29 is 30.8 Å². The second-order valence-electron chi connectivity index (χ2n) is 11.3. The van der Waals surface area contributed by atoms with Gasteiger partial charge in [0.05, 0.1) is 22.5 Å². The van der Waals surface area contributed by atoms with Crippen LogP contribution in [0.5, 0.6) is 0 Å². The fourth-order valence-corrected chi connectivity index (χ4v) is 7.22. The van der Waals surface area contributed by atoms with E-state index in [4.69, 9.17) is 0 Å². The molecule has 2 aliphatic rings. The number of nitrogens with zero attached hydrogens (tertiary/aromatic N) is 1. The summed E-state index contributed by atoms with van der Waals surface area (Å²) in [6.07, 6.45) is 1.16. The molecule has 2 N–H and O–H groups in total. The van der Waals surface area contributed by atoms with Gasteiger partial charge in [-0.2, -0.15) is 13.2 Å². The highest BCUT2D eigenvalue weighted by Crippen LogP contribution is 2.33. The van der Waals surface area contributed by atoms with Crippen LogP contribution < -0.4 is 10.0 Å². The fourth-order valence-electron chi connectivity index (χ4n) is 5.95. The SMILES string of the molecule is O=C(CC(NS(=O)(=O)c1cccc(C(F)(F)F)c1)c1ccc(F)cc1)NC1CCCc2cc(CN3CCCCC3)ccc21. The quantitative estimate of drug-likeness (QED) is 0.271. The van der Waals surface area contributed by atoms with Gasteiger partial charge in [-0.3, -0.25) is 9.69 Å². The maximum Gasteiger partial charge on any atom is 0.416 e. The summed E-state index contributed by atoms with van der Waals surface area (Å²) in [5.74, 6) is -0.984. The van der Waals surface area contributed by atoms with E-state index in [1.54, 1.807) is 0 Å². The van der Waals surface area contributed by atoms with Gasteiger partial charge in [-0.25, -0.2) is 17.5 Å². The second-order valence-corrected chi connectivity index (χ2v) is 13.1. The predicted octanol–water partition coefficient (Wildman–Crippen LogP) is 6.43. The van der Waals surface area contributed by atoms with Crippen LogP contribution in [0.15, 0.2) is 71.6 Å². The second kappa shape index (κ2) is 13.2. The number of hydrogen-bond donors (Lipinski definition) is 2. The van der Waals surface area contributed by atoms with Gasteiger partial charge < -0.3 is 5.32 Å². The number of sulfonamides is 1. The first-order valence-electron chi connectivity index (χ1n) is 14.6. The standard InChI is InChI=1S/C32H35F4N3O3S/c33-26-13-11-23(12-14-26)30(38-43(41,42)27-8-5-7-25(19-27)32(34,35)36)20-31(40)37-29-9-4-6-24-18-22(10-15-28(24)29)21-39-16-2-1-3-17-39/h5,7-8,10-15,18-19,29-30,38H,1-4,6,9,16-17,20-21H2,(H,37,40). The molecular formula is C32H35F4N3O3S. The Bertz CT molecular complexity index is 1540. The lowest BCUT2D eigenvalue weighted by atomic mass is 9.86. The number of hydrogen-bond acceptors (Lipinski definition) is 4. The topological polar surface area (TPSA) is 78.5 Å². The van der Waals surface area contributed by atoms with Crippen LogP contribution in [0.3, 0.4) is 0 Å². The van der Waals surface area contributed by atoms with Gasteiger partial charge in [0, 0.05) is 13.0 Å². The van der Waals surface area contributed by atoms with Crippen molar-refractivity contribution in [1.29, 1.82) is 0 Å². The van der Waals surface area contributed by atoms with Gasteiger partial charge >= 0.3 is 6.18 Å². The number of halogens is 4. The minimum atomic E-state index is -4.73. The van der Waals surface area contributed by atoms with Crippen molar-refractivity contribution >= 4 is 15.9 Å². The number of carbonyl (C=O) groups excluding carboxylic acids is 1. The third-order valence-corrected chi connectivity index (χ3v) is 9.61. The zero-order valence-corrected chi connectivity index (χ0v) is 24.5. The largest absolute Gasteiger partial charge is 0.416 e. The third-order valence-electron chi connectivity index (χ3n) is 8.14. The predicted molar refractivity (Wildman–Crippen MR) is 155 cm³/mol. The number of aryl methyl sites for hydroxylation is 1. The summed E-state index contributed by atoms with van der Waals surface area (Å²) in [6.45, 7) is 3.10. The van der Waals surface area contributed by atoms with Crippen molar-refractivity contribution in [2.45, 2.75) is 74.6 Å². The molecular weight excluding hydrogens is 582 g/mol. The van der Waals surface area contributed by atoms with Crippen LogP contribution in [0.2, 0.25) is 0 Å². The molecule has 5 rings (SSSR count). The molecule has 1 saturated heterocycles. The van der Waals surface area contributed by atoms with Crippen LogP contribution in [0, 0.1) is 5.82 Å². The average molecular weight is 618 g/mol. The van der Waals surface area contributed by atoms with Gasteiger partial charge in [-0.15, -0.1) is 0 Å². The Morgan fingerprint density at radius 2 is 1.70 bits per heavy atom. The van der Waals surface area contributed by atoms with Gasteiger partial charge in [-0.1, -0.05) is 42.8 Å². The molecule has 1 heterocycles. The van der Waals surface area contributed by atoms with E-state index in [-0.39, 0.29) is 12.5 Å². The van der Waals surface area contributed by atoms with Crippen LogP contribution in [0.4, 0.5) is 17.6 Å². The summed E-state index contributed by atoms with van der Waals surface area (Å²) in [5.41, 5.74) is 2.66. The number of fused-ring (bicyclic) bond motifs is 1. The molecule has 0 bridgehead atoms. The van der Waals surface area contributed by atoms with Crippen molar-refractivity contribution in [3.8, 4) is 0 Å². The lowest BCUT2D eigenvalue weighted by Gasteiger charge is -2.29. The number of rotatable bonds is 9. The molecule has 0 radical (unpaired) electrons. The molecule has 0 saturated carbocycles. The van der Waals surface area contributed by atoms with Crippen molar-refractivity contribution in [3.63, 3.8) is 0 Å². The number of carbonyl (C=O) groups is 1. The molecule has 230 valence electrons. The van der Waals surface area contributed by atoms with Crippen LogP contribution in [0.25, 0.3) is 0 Å². The molecule has 0 spiro atoms. The average Bonchev–Trinajstić information content (AvgIpc) is 2.97. The molecule has 11 heteroatoms. The first kappa shape index (κ1) is 31.2. The first-order valence-corrected chi connectivity index (χ1v) is 16.0. The van der Waals surface area contributed by atoms with E-state index in [1.807, 2.05) is 0 Å². The molecule has 3 aromatic carbocycles. The molecule has 3 aromatic rings. The van der Waals surface area contributed by atoms with E-state index in [1.165, 1.54) is 42.5 Å². The number of benzene rings is 3. The van der Waals surface area contributed by atoms with E-state index in [0.717, 1.165) is 74.8 Å².